The summed E-state index contributed by atoms with van der Waals surface area (Å²) >= 11 is 5.83. The van der Waals surface area contributed by atoms with Gasteiger partial charge in [0.15, 0.2) is 0 Å². The Bertz CT molecular complexity index is 559. The third-order valence-corrected chi connectivity index (χ3v) is 3.52. The number of carboxylic acids is 1. The standard InChI is InChI=1S/C13H15ClN2O4/c1-13(20)5-6-16(7-13)12(19)15-9-4-2-3-8(14)10(9)11(17)18/h2-4,20H,5-7H2,1H3,(H,15,19)(H,17,18). The molecule has 1 atom stereocenters. The molecular formula is C13H15ClN2O4. The Morgan fingerprint density at radius 1 is 1.45 bits per heavy atom. The number of carbonyl (C=O) groups excluding carboxylic acids is 1. The number of benzene rings is 1. The number of amides is 2. The van der Waals surface area contributed by atoms with Crippen molar-refractivity contribution in [3.05, 3.63) is 28.8 Å². The Labute approximate surface area is 121 Å². The minimum Gasteiger partial charge on any atom is -0.478 e. The highest BCUT2D eigenvalue weighted by Crippen LogP contribution is 2.26. The van der Waals surface area contributed by atoms with Gasteiger partial charge in [0.25, 0.3) is 0 Å². The molecule has 1 aliphatic rings. The highest BCUT2D eigenvalue weighted by molar-refractivity contribution is 6.34. The van der Waals surface area contributed by atoms with Crippen molar-refractivity contribution in [3.63, 3.8) is 0 Å². The maximum atomic E-state index is 12.1. The van der Waals surface area contributed by atoms with Crippen molar-refractivity contribution < 1.29 is 19.8 Å². The van der Waals surface area contributed by atoms with Crippen molar-refractivity contribution in [2.45, 2.75) is 18.9 Å². The van der Waals surface area contributed by atoms with Gasteiger partial charge < -0.3 is 20.4 Å². The Morgan fingerprint density at radius 2 is 2.15 bits per heavy atom. The van der Waals surface area contributed by atoms with E-state index < -0.39 is 17.6 Å². The van der Waals surface area contributed by atoms with Crippen LogP contribution in [0.1, 0.15) is 23.7 Å². The number of halogens is 1. The van der Waals surface area contributed by atoms with Gasteiger partial charge in [-0.15, -0.1) is 0 Å². The molecule has 0 spiro atoms. The largest absolute Gasteiger partial charge is 0.478 e. The summed E-state index contributed by atoms with van der Waals surface area (Å²) < 4.78 is 0. The van der Waals surface area contributed by atoms with Gasteiger partial charge in [-0.05, 0) is 25.5 Å². The van der Waals surface area contributed by atoms with Crippen molar-refractivity contribution >= 4 is 29.3 Å². The maximum Gasteiger partial charge on any atom is 0.339 e. The van der Waals surface area contributed by atoms with Gasteiger partial charge in [-0.3, -0.25) is 0 Å². The quantitative estimate of drug-likeness (QED) is 0.779. The molecule has 3 N–H and O–H groups in total. The molecule has 1 aliphatic heterocycles. The lowest BCUT2D eigenvalue weighted by molar-refractivity contribution is 0.0695. The molecule has 0 saturated carbocycles. The second kappa shape index (κ2) is 5.30. The summed E-state index contributed by atoms with van der Waals surface area (Å²) in [6.45, 7) is 2.28. The second-order valence-electron chi connectivity index (χ2n) is 5.07. The number of β-amino-alcohol motifs (C(OH)–C–C–N with tert-alkyl or cyclic N) is 1. The van der Waals surface area contributed by atoms with Crippen LogP contribution in [0.15, 0.2) is 18.2 Å². The van der Waals surface area contributed by atoms with Gasteiger partial charge in [0.1, 0.15) is 5.56 Å². The van der Waals surface area contributed by atoms with E-state index in [1.54, 1.807) is 13.0 Å². The third kappa shape index (κ3) is 3.02. The lowest BCUT2D eigenvalue weighted by Crippen LogP contribution is -2.37. The molecule has 2 amide bonds. The van der Waals surface area contributed by atoms with Gasteiger partial charge in [-0.25, -0.2) is 9.59 Å². The number of hydrogen-bond donors (Lipinski definition) is 3. The smallest absolute Gasteiger partial charge is 0.339 e. The van der Waals surface area contributed by atoms with E-state index in [1.165, 1.54) is 17.0 Å². The number of rotatable bonds is 2. The first-order valence-electron chi connectivity index (χ1n) is 6.10. The average molecular weight is 299 g/mol. The molecule has 1 saturated heterocycles. The molecular weight excluding hydrogens is 284 g/mol. The van der Waals surface area contributed by atoms with Crippen molar-refractivity contribution in [3.8, 4) is 0 Å². The van der Waals surface area contributed by atoms with E-state index in [0.29, 0.717) is 13.0 Å². The number of carbonyl (C=O) groups is 2. The monoisotopic (exact) mass is 298 g/mol. The van der Waals surface area contributed by atoms with Crippen LogP contribution in [0.5, 0.6) is 0 Å². The zero-order chi connectivity index (χ0) is 14.9. The predicted molar refractivity (Wildman–Crippen MR) is 74.2 cm³/mol. The summed E-state index contributed by atoms with van der Waals surface area (Å²) in [7, 11) is 0. The summed E-state index contributed by atoms with van der Waals surface area (Å²) in [5, 5.41) is 21.5. The number of anilines is 1. The highest BCUT2D eigenvalue weighted by atomic mass is 35.5. The fourth-order valence-electron chi connectivity index (χ4n) is 2.16. The van der Waals surface area contributed by atoms with Gasteiger partial charge >= 0.3 is 12.0 Å². The van der Waals surface area contributed by atoms with Crippen LogP contribution in [0, 0.1) is 0 Å². The van der Waals surface area contributed by atoms with Gasteiger partial charge in [-0.2, -0.15) is 0 Å². The fourth-order valence-corrected chi connectivity index (χ4v) is 2.41. The molecule has 20 heavy (non-hydrogen) atoms. The number of carboxylic acid groups (broad SMARTS) is 1. The molecule has 0 radical (unpaired) electrons. The molecule has 0 aromatic heterocycles. The normalized spacial score (nSPS) is 21.9. The van der Waals surface area contributed by atoms with Crippen LogP contribution in [-0.4, -0.2) is 45.8 Å². The van der Waals surface area contributed by atoms with E-state index in [9.17, 15) is 14.7 Å². The van der Waals surface area contributed by atoms with Crippen molar-refractivity contribution in [2.75, 3.05) is 18.4 Å². The molecule has 6 nitrogen and oxygen atoms in total. The maximum absolute atomic E-state index is 12.1. The average Bonchev–Trinajstić information content (AvgIpc) is 2.69. The summed E-state index contributed by atoms with van der Waals surface area (Å²) in [5.41, 5.74) is -0.906. The molecule has 0 bridgehead atoms. The molecule has 1 aromatic rings. The van der Waals surface area contributed by atoms with Gasteiger partial charge in [0.05, 0.1) is 22.9 Å². The van der Waals surface area contributed by atoms with E-state index in [-0.39, 0.29) is 22.8 Å². The first kappa shape index (κ1) is 14.6. The zero-order valence-corrected chi connectivity index (χ0v) is 11.6. The Balaban J connectivity index is 2.17. The molecule has 0 aliphatic carbocycles. The highest BCUT2D eigenvalue weighted by Gasteiger charge is 2.34. The first-order valence-corrected chi connectivity index (χ1v) is 6.48. The Morgan fingerprint density at radius 3 is 2.70 bits per heavy atom. The van der Waals surface area contributed by atoms with Crippen LogP contribution in [0.3, 0.4) is 0 Å². The number of nitrogens with zero attached hydrogens (tertiary/aromatic N) is 1. The topological polar surface area (TPSA) is 89.9 Å². The Kier molecular flexibility index (Phi) is 3.87. The van der Waals surface area contributed by atoms with Crippen LogP contribution in [-0.2, 0) is 0 Å². The minimum atomic E-state index is -1.21. The zero-order valence-electron chi connectivity index (χ0n) is 10.9. The number of nitrogens with one attached hydrogen (secondary N) is 1. The van der Waals surface area contributed by atoms with Crippen LogP contribution >= 0.6 is 11.6 Å². The van der Waals surface area contributed by atoms with Crippen LogP contribution in [0.4, 0.5) is 10.5 Å². The lowest BCUT2D eigenvalue weighted by atomic mass is 10.1. The lowest BCUT2D eigenvalue weighted by Gasteiger charge is -2.20. The number of aliphatic hydroxyl groups is 1. The van der Waals surface area contributed by atoms with Gasteiger partial charge in [-0.1, -0.05) is 17.7 Å². The molecule has 2 rings (SSSR count). The van der Waals surface area contributed by atoms with Crippen LogP contribution in [0.25, 0.3) is 0 Å². The fraction of sp³-hybridized carbons (Fsp3) is 0.385. The number of urea groups is 1. The second-order valence-corrected chi connectivity index (χ2v) is 5.47. The SMILES string of the molecule is CC1(O)CCN(C(=O)Nc2cccc(Cl)c2C(=O)O)C1. The van der Waals surface area contributed by atoms with E-state index in [0.717, 1.165) is 0 Å². The summed E-state index contributed by atoms with van der Waals surface area (Å²) in [6.07, 6.45) is 0.488. The number of hydrogen-bond acceptors (Lipinski definition) is 3. The predicted octanol–water partition coefficient (Wildman–Crippen LogP) is 2.03. The van der Waals surface area contributed by atoms with Gasteiger partial charge in [0.2, 0.25) is 0 Å². The Hall–Kier alpha value is -1.79. The molecule has 108 valence electrons. The summed E-state index contributed by atoms with van der Waals surface area (Å²) in [6, 6.07) is 4.03. The van der Waals surface area contributed by atoms with Gasteiger partial charge in [0, 0.05) is 6.54 Å². The third-order valence-electron chi connectivity index (χ3n) is 3.21. The molecule has 1 aromatic carbocycles. The van der Waals surface area contributed by atoms with Crippen molar-refractivity contribution in [2.24, 2.45) is 0 Å². The molecule has 1 fully saturated rings. The van der Waals surface area contributed by atoms with E-state index in [2.05, 4.69) is 5.32 Å². The van der Waals surface area contributed by atoms with Crippen LogP contribution < -0.4 is 5.32 Å². The van der Waals surface area contributed by atoms with E-state index in [4.69, 9.17) is 16.7 Å². The first-order chi connectivity index (χ1) is 9.30. The summed E-state index contributed by atoms with van der Waals surface area (Å²) in [4.78, 5) is 24.7. The van der Waals surface area contributed by atoms with E-state index >= 15 is 0 Å². The van der Waals surface area contributed by atoms with Crippen LogP contribution in [0.2, 0.25) is 5.02 Å². The minimum absolute atomic E-state index is 0.0590. The van der Waals surface area contributed by atoms with Crippen molar-refractivity contribution in [1.29, 1.82) is 0 Å². The molecule has 1 unspecified atom stereocenters. The number of aromatic carboxylic acids is 1. The molecule has 1 heterocycles. The van der Waals surface area contributed by atoms with Crippen molar-refractivity contribution in [1.82, 2.24) is 4.90 Å². The molecule has 7 heteroatoms. The number of likely N-dealkylation sites (tertiary alicyclic amines) is 1. The van der Waals surface area contributed by atoms with E-state index in [1.807, 2.05) is 0 Å². The summed E-state index contributed by atoms with van der Waals surface area (Å²) in [5.74, 6) is -1.21.